The molecule has 0 saturated heterocycles. The molecule has 6 nitrogen and oxygen atoms in total. The molecule has 14 heavy (non-hydrogen) atoms. The van der Waals surface area contributed by atoms with Crippen molar-refractivity contribution in [3.05, 3.63) is 28.6 Å². The third kappa shape index (κ3) is 1.63. The summed E-state index contributed by atoms with van der Waals surface area (Å²) in [5.41, 5.74) is 0. The van der Waals surface area contributed by atoms with Gasteiger partial charge in [0.15, 0.2) is 0 Å². The fourth-order valence-electron chi connectivity index (χ4n) is 1.52. The average molecular weight is 194 g/mol. The normalized spacial score (nSPS) is 21.0. The fraction of sp³-hybridized carbons (Fsp3) is 0.500. The third-order valence-corrected chi connectivity index (χ3v) is 2.23. The molecule has 74 valence electrons. The lowest BCUT2D eigenvalue weighted by atomic mass is 10.0. The molecule has 1 heterocycles. The van der Waals surface area contributed by atoms with Crippen LogP contribution >= 0.6 is 0 Å². The number of nitro groups is 1. The third-order valence-electron chi connectivity index (χ3n) is 2.23. The number of aromatic nitrogens is 3. The molecule has 1 aliphatic carbocycles. The zero-order chi connectivity index (χ0) is 9.97. The van der Waals surface area contributed by atoms with E-state index in [1.807, 2.05) is 6.08 Å². The van der Waals surface area contributed by atoms with Crippen molar-refractivity contribution in [1.29, 1.82) is 0 Å². The van der Waals surface area contributed by atoms with Gasteiger partial charge in [-0.2, -0.15) is 4.68 Å². The Bertz CT molecular complexity index is 371. The summed E-state index contributed by atoms with van der Waals surface area (Å²) < 4.78 is 1.55. The van der Waals surface area contributed by atoms with Crippen LogP contribution in [0.25, 0.3) is 0 Å². The van der Waals surface area contributed by atoms with Crippen molar-refractivity contribution in [1.82, 2.24) is 14.8 Å². The molecule has 0 saturated carbocycles. The topological polar surface area (TPSA) is 73.8 Å². The molecule has 1 atom stereocenters. The lowest BCUT2D eigenvalue weighted by Crippen LogP contribution is -2.09. The second kappa shape index (κ2) is 3.57. The van der Waals surface area contributed by atoms with Gasteiger partial charge in [-0.15, -0.1) is 0 Å². The Labute approximate surface area is 80.4 Å². The number of rotatable bonds is 2. The van der Waals surface area contributed by atoms with Gasteiger partial charge in [-0.1, -0.05) is 17.1 Å². The summed E-state index contributed by atoms with van der Waals surface area (Å²) in [5, 5.41) is 14.1. The molecule has 2 rings (SSSR count). The Hall–Kier alpha value is -1.72. The summed E-state index contributed by atoms with van der Waals surface area (Å²) in [6.07, 6.45) is 8.64. The highest BCUT2D eigenvalue weighted by Gasteiger charge is 2.19. The summed E-state index contributed by atoms with van der Waals surface area (Å²) in [4.78, 5) is 13.4. The molecular weight excluding hydrogens is 184 g/mol. The van der Waals surface area contributed by atoms with Crippen LogP contribution in [0.3, 0.4) is 0 Å². The van der Waals surface area contributed by atoms with Crippen molar-refractivity contribution in [2.24, 2.45) is 0 Å². The molecule has 0 radical (unpaired) electrons. The number of nitrogens with zero attached hydrogens (tertiary/aromatic N) is 4. The van der Waals surface area contributed by atoms with Gasteiger partial charge in [-0.25, -0.2) is 0 Å². The predicted octanol–water partition coefficient (Wildman–Crippen LogP) is 1.47. The Morgan fingerprint density at radius 3 is 3.07 bits per heavy atom. The fourth-order valence-corrected chi connectivity index (χ4v) is 1.52. The zero-order valence-corrected chi connectivity index (χ0v) is 7.54. The maximum Gasteiger partial charge on any atom is 0.490 e. The standard InChI is InChI=1S/C8H10N4O2/c13-12(14)8-9-6-11(10-8)7-4-2-1-3-5-7/h2,4,6-7H,1,3,5H2. The lowest BCUT2D eigenvalue weighted by Gasteiger charge is -2.12. The van der Waals surface area contributed by atoms with Gasteiger partial charge >= 0.3 is 5.95 Å². The minimum atomic E-state index is -0.580. The van der Waals surface area contributed by atoms with Gasteiger partial charge in [-0.05, 0) is 24.2 Å². The van der Waals surface area contributed by atoms with E-state index in [1.54, 1.807) is 4.68 Å². The summed E-state index contributed by atoms with van der Waals surface area (Å²) in [5.74, 6) is -0.330. The minimum Gasteiger partial charge on any atom is -0.390 e. The van der Waals surface area contributed by atoms with Crippen LogP contribution in [0.4, 0.5) is 5.95 Å². The Morgan fingerprint density at radius 2 is 2.50 bits per heavy atom. The van der Waals surface area contributed by atoms with Crippen LogP contribution in [0.1, 0.15) is 25.3 Å². The van der Waals surface area contributed by atoms with Crippen LogP contribution in [0, 0.1) is 10.1 Å². The van der Waals surface area contributed by atoms with E-state index in [0.717, 1.165) is 19.3 Å². The van der Waals surface area contributed by atoms with E-state index >= 15 is 0 Å². The van der Waals surface area contributed by atoms with Crippen LogP contribution in [-0.4, -0.2) is 19.7 Å². The van der Waals surface area contributed by atoms with Crippen LogP contribution in [-0.2, 0) is 0 Å². The molecule has 0 fully saturated rings. The summed E-state index contributed by atoms with van der Waals surface area (Å²) in [6, 6.07) is 0.130. The van der Waals surface area contributed by atoms with Crippen molar-refractivity contribution in [3.63, 3.8) is 0 Å². The molecule has 1 aromatic heterocycles. The van der Waals surface area contributed by atoms with Crippen LogP contribution in [0.5, 0.6) is 0 Å². The number of hydrogen-bond acceptors (Lipinski definition) is 4. The zero-order valence-electron chi connectivity index (χ0n) is 7.54. The van der Waals surface area contributed by atoms with Gasteiger partial charge in [-0.3, -0.25) is 0 Å². The first-order valence-corrected chi connectivity index (χ1v) is 4.49. The molecule has 0 N–H and O–H groups in total. The number of allylic oxidation sites excluding steroid dienone is 2. The molecule has 1 unspecified atom stereocenters. The number of hydrogen-bond donors (Lipinski definition) is 0. The van der Waals surface area contributed by atoms with Gasteiger partial charge in [0.25, 0.3) is 0 Å². The Balaban J connectivity index is 2.19. The van der Waals surface area contributed by atoms with Gasteiger partial charge < -0.3 is 10.1 Å². The van der Waals surface area contributed by atoms with E-state index in [-0.39, 0.29) is 12.0 Å². The smallest absolute Gasteiger partial charge is 0.390 e. The largest absolute Gasteiger partial charge is 0.490 e. The van der Waals surface area contributed by atoms with E-state index in [0.29, 0.717) is 0 Å². The molecule has 0 bridgehead atoms. The highest BCUT2D eigenvalue weighted by Crippen LogP contribution is 2.21. The van der Waals surface area contributed by atoms with Gasteiger partial charge in [0, 0.05) is 5.10 Å². The molecule has 0 aromatic carbocycles. The molecular formula is C8H10N4O2. The quantitative estimate of drug-likeness (QED) is 0.406. The summed E-state index contributed by atoms with van der Waals surface area (Å²) in [7, 11) is 0. The second-order valence-electron chi connectivity index (χ2n) is 3.21. The molecule has 6 heteroatoms. The molecule has 0 amide bonds. The van der Waals surface area contributed by atoms with Crippen molar-refractivity contribution in [2.45, 2.75) is 25.3 Å². The van der Waals surface area contributed by atoms with Gasteiger partial charge in [0.05, 0.1) is 6.04 Å². The van der Waals surface area contributed by atoms with Crippen LogP contribution in [0.15, 0.2) is 18.5 Å². The van der Waals surface area contributed by atoms with Crippen molar-refractivity contribution in [2.75, 3.05) is 0 Å². The molecule has 1 aliphatic rings. The lowest BCUT2D eigenvalue weighted by molar-refractivity contribution is -0.394. The van der Waals surface area contributed by atoms with Crippen molar-refractivity contribution < 1.29 is 4.92 Å². The monoisotopic (exact) mass is 194 g/mol. The van der Waals surface area contributed by atoms with Crippen LogP contribution < -0.4 is 0 Å². The van der Waals surface area contributed by atoms with Crippen LogP contribution in [0.2, 0.25) is 0 Å². The maximum atomic E-state index is 10.3. The maximum absolute atomic E-state index is 10.3. The van der Waals surface area contributed by atoms with Crippen molar-refractivity contribution >= 4 is 5.95 Å². The first-order valence-electron chi connectivity index (χ1n) is 4.49. The molecule has 0 aliphatic heterocycles. The molecule has 0 spiro atoms. The Morgan fingerprint density at radius 1 is 1.64 bits per heavy atom. The highest BCUT2D eigenvalue weighted by molar-refractivity contribution is 5.02. The first kappa shape index (κ1) is 8.86. The minimum absolute atomic E-state index is 0.130. The SMILES string of the molecule is O=[N+]([O-])c1ncn(C2C=CCCC2)n1. The van der Waals surface area contributed by atoms with Crippen molar-refractivity contribution in [3.8, 4) is 0 Å². The van der Waals surface area contributed by atoms with E-state index in [9.17, 15) is 10.1 Å². The van der Waals surface area contributed by atoms with E-state index < -0.39 is 4.92 Å². The van der Waals surface area contributed by atoms with E-state index in [2.05, 4.69) is 16.2 Å². The second-order valence-corrected chi connectivity index (χ2v) is 3.21. The summed E-state index contributed by atoms with van der Waals surface area (Å²) >= 11 is 0. The first-order chi connectivity index (χ1) is 6.77. The highest BCUT2D eigenvalue weighted by atomic mass is 16.6. The Kier molecular flexibility index (Phi) is 2.26. The van der Waals surface area contributed by atoms with E-state index in [4.69, 9.17) is 0 Å². The molecule has 1 aromatic rings. The average Bonchev–Trinajstić information content (AvgIpc) is 2.68. The predicted molar refractivity (Wildman–Crippen MR) is 48.7 cm³/mol. The van der Waals surface area contributed by atoms with Gasteiger partial charge in [0.2, 0.25) is 6.33 Å². The summed E-state index contributed by atoms with van der Waals surface area (Å²) in [6.45, 7) is 0. The van der Waals surface area contributed by atoms with Gasteiger partial charge in [0.1, 0.15) is 0 Å². The van der Waals surface area contributed by atoms with E-state index in [1.165, 1.54) is 6.33 Å².